The van der Waals surface area contributed by atoms with Crippen LogP contribution in [0, 0.1) is 0 Å². The Bertz CT molecular complexity index is 682. The number of nitrogens with two attached hydrogens (primary N) is 1. The number of methoxy groups -OCH3 is 1. The summed E-state index contributed by atoms with van der Waals surface area (Å²) in [6, 6.07) is 6.97. The molecule has 0 saturated carbocycles. The lowest BCUT2D eigenvalue weighted by molar-refractivity contribution is 0.0651. The van der Waals surface area contributed by atoms with Crippen LogP contribution in [0.2, 0.25) is 0 Å². The minimum atomic E-state index is -1.04. The lowest BCUT2D eigenvalue weighted by atomic mass is 10.0. The Balaban J connectivity index is 1.81. The molecule has 0 spiro atoms. The number of alkyl halides is 1. The monoisotopic (exact) mass is 319 g/mol. The van der Waals surface area contributed by atoms with E-state index in [4.69, 9.17) is 10.5 Å². The molecule has 1 aromatic carbocycles. The van der Waals surface area contributed by atoms with Gasteiger partial charge in [-0.15, -0.1) is 0 Å². The fraction of sp³-hybridized carbons (Fsp3) is 0.471. The van der Waals surface area contributed by atoms with Gasteiger partial charge in [0.05, 0.1) is 18.7 Å². The van der Waals surface area contributed by atoms with Gasteiger partial charge >= 0.3 is 0 Å². The molecule has 6 heteroatoms. The highest BCUT2D eigenvalue weighted by atomic mass is 19.1. The SMILES string of the molecule is COc1ccc2nccc([C@@H](O)CN3CC[C@@H](N)[C@@H](F)C3)c2c1. The van der Waals surface area contributed by atoms with Gasteiger partial charge in [0.15, 0.2) is 0 Å². The van der Waals surface area contributed by atoms with Gasteiger partial charge in [-0.05, 0) is 42.8 Å². The van der Waals surface area contributed by atoms with Crippen LogP contribution in [0.3, 0.4) is 0 Å². The summed E-state index contributed by atoms with van der Waals surface area (Å²) in [5.41, 5.74) is 7.28. The molecule has 1 saturated heterocycles. The number of hydrogen-bond donors (Lipinski definition) is 2. The largest absolute Gasteiger partial charge is 0.497 e. The highest BCUT2D eigenvalue weighted by Crippen LogP contribution is 2.27. The number of halogens is 1. The van der Waals surface area contributed by atoms with Crippen LogP contribution in [0.25, 0.3) is 10.9 Å². The third-order valence-electron chi connectivity index (χ3n) is 4.45. The Labute approximate surface area is 134 Å². The van der Waals surface area contributed by atoms with Gasteiger partial charge in [0.1, 0.15) is 11.9 Å². The van der Waals surface area contributed by atoms with Gasteiger partial charge < -0.3 is 15.6 Å². The maximum atomic E-state index is 13.8. The molecule has 0 bridgehead atoms. The topological polar surface area (TPSA) is 71.6 Å². The first-order chi connectivity index (χ1) is 11.1. The number of piperidine rings is 1. The Morgan fingerprint density at radius 3 is 3.04 bits per heavy atom. The van der Waals surface area contributed by atoms with Gasteiger partial charge in [-0.25, -0.2) is 4.39 Å². The van der Waals surface area contributed by atoms with E-state index in [0.29, 0.717) is 25.3 Å². The molecular weight excluding hydrogens is 297 g/mol. The Kier molecular flexibility index (Phi) is 4.75. The van der Waals surface area contributed by atoms with Crippen molar-refractivity contribution in [2.75, 3.05) is 26.7 Å². The van der Waals surface area contributed by atoms with E-state index in [2.05, 4.69) is 4.98 Å². The standard InChI is InChI=1S/C17H22FN3O2/c1-23-11-2-3-16-13(8-11)12(4-6-20-16)17(22)10-21-7-5-15(19)14(18)9-21/h2-4,6,8,14-15,17,22H,5,7,9-10,19H2,1H3/t14-,15+,17-/m0/s1. The fourth-order valence-electron chi connectivity index (χ4n) is 3.06. The summed E-state index contributed by atoms with van der Waals surface area (Å²) >= 11 is 0. The maximum Gasteiger partial charge on any atom is 0.128 e. The number of aliphatic hydroxyl groups is 1. The summed E-state index contributed by atoms with van der Waals surface area (Å²) in [7, 11) is 1.60. The first-order valence-corrected chi connectivity index (χ1v) is 7.81. The first kappa shape index (κ1) is 16.1. The number of fused-ring (bicyclic) bond motifs is 1. The Hall–Kier alpha value is -1.76. The fourth-order valence-corrected chi connectivity index (χ4v) is 3.06. The second kappa shape index (κ2) is 6.78. The summed E-state index contributed by atoms with van der Waals surface area (Å²) in [4.78, 5) is 6.23. The summed E-state index contributed by atoms with van der Waals surface area (Å²) in [6.07, 6.45) is 0.537. The van der Waals surface area contributed by atoms with Crippen molar-refractivity contribution in [3.63, 3.8) is 0 Å². The number of β-amino-alcohol motifs (C(OH)–C–C–N with tert-alkyl or cyclic N) is 1. The lowest BCUT2D eigenvalue weighted by Gasteiger charge is -2.34. The molecule has 1 fully saturated rings. The van der Waals surface area contributed by atoms with Gasteiger partial charge in [0.25, 0.3) is 0 Å². The van der Waals surface area contributed by atoms with Crippen LogP contribution in [0.4, 0.5) is 4.39 Å². The van der Waals surface area contributed by atoms with E-state index in [9.17, 15) is 9.50 Å². The molecule has 3 N–H and O–H groups in total. The van der Waals surface area contributed by atoms with Crippen LogP contribution in [-0.2, 0) is 0 Å². The number of rotatable bonds is 4. The van der Waals surface area contributed by atoms with E-state index < -0.39 is 18.3 Å². The number of benzene rings is 1. The third-order valence-corrected chi connectivity index (χ3v) is 4.45. The van der Waals surface area contributed by atoms with Crippen molar-refractivity contribution in [2.45, 2.75) is 24.7 Å². The molecule has 0 radical (unpaired) electrons. The van der Waals surface area contributed by atoms with Crippen LogP contribution in [-0.4, -0.2) is 53.9 Å². The molecule has 5 nitrogen and oxygen atoms in total. The molecule has 3 rings (SSSR count). The van der Waals surface area contributed by atoms with Crippen LogP contribution < -0.4 is 10.5 Å². The quantitative estimate of drug-likeness (QED) is 0.896. The minimum Gasteiger partial charge on any atom is -0.497 e. The number of likely N-dealkylation sites (tertiary alicyclic amines) is 1. The summed E-state index contributed by atoms with van der Waals surface area (Å²) in [6.45, 7) is 1.35. The highest BCUT2D eigenvalue weighted by molar-refractivity contribution is 5.83. The van der Waals surface area contributed by atoms with Crippen LogP contribution in [0.5, 0.6) is 5.75 Å². The Morgan fingerprint density at radius 2 is 2.30 bits per heavy atom. The molecule has 0 amide bonds. The molecular formula is C17H22FN3O2. The zero-order valence-electron chi connectivity index (χ0n) is 13.2. The number of nitrogens with zero attached hydrogens (tertiary/aromatic N) is 2. The molecule has 0 aliphatic carbocycles. The van der Waals surface area contributed by atoms with Crippen molar-refractivity contribution in [3.8, 4) is 5.75 Å². The molecule has 2 heterocycles. The van der Waals surface area contributed by atoms with E-state index in [-0.39, 0.29) is 6.54 Å². The van der Waals surface area contributed by atoms with Crippen molar-refractivity contribution >= 4 is 10.9 Å². The zero-order valence-corrected chi connectivity index (χ0v) is 13.2. The van der Waals surface area contributed by atoms with Crippen molar-refractivity contribution in [3.05, 3.63) is 36.0 Å². The van der Waals surface area contributed by atoms with Crippen LogP contribution in [0.1, 0.15) is 18.1 Å². The van der Waals surface area contributed by atoms with E-state index in [1.807, 2.05) is 23.1 Å². The third kappa shape index (κ3) is 3.44. The molecule has 0 unspecified atom stereocenters. The average Bonchev–Trinajstić information content (AvgIpc) is 2.57. The zero-order chi connectivity index (χ0) is 16.4. The van der Waals surface area contributed by atoms with E-state index >= 15 is 0 Å². The Morgan fingerprint density at radius 1 is 1.48 bits per heavy atom. The van der Waals surface area contributed by atoms with Gasteiger partial charge in [0, 0.05) is 30.7 Å². The molecule has 2 aromatic rings. The summed E-state index contributed by atoms with van der Waals surface area (Å²) in [5, 5.41) is 11.5. The molecule has 1 aliphatic heterocycles. The van der Waals surface area contributed by atoms with Gasteiger partial charge in [-0.2, -0.15) is 0 Å². The summed E-state index contributed by atoms with van der Waals surface area (Å²) < 4.78 is 19.0. The van der Waals surface area contributed by atoms with E-state index in [1.165, 1.54) is 0 Å². The number of aromatic nitrogens is 1. The van der Waals surface area contributed by atoms with Crippen LogP contribution >= 0.6 is 0 Å². The molecule has 1 aliphatic rings. The van der Waals surface area contributed by atoms with Gasteiger partial charge in [-0.3, -0.25) is 9.88 Å². The minimum absolute atomic E-state index is 0.268. The van der Waals surface area contributed by atoms with Crippen LogP contribution in [0.15, 0.2) is 30.5 Å². The first-order valence-electron chi connectivity index (χ1n) is 7.81. The van der Waals surface area contributed by atoms with Gasteiger partial charge in [0.2, 0.25) is 0 Å². The highest BCUT2D eigenvalue weighted by Gasteiger charge is 2.28. The summed E-state index contributed by atoms with van der Waals surface area (Å²) in [5.74, 6) is 0.715. The predicted octanol–water partition coefficient (Wildman–Crippen LogP) is 1.65. The second-order valence-electron chi connectivity index (χ2n) is 6.03. The second-order valence-corrected chi connectivity index (χ2v) is 6.03. The molecule has 23 heavy (non-hydrogen) atoms. The number of hydrogen-bond acceptors (Lipinski definition) is 5. The smallest absolute Gasteiger partial charge is 0.128 e. The number of ether oxygens (including phenoxy) is 1. The van der Waals surface area contributed by atoms with E-state index in [1.54, 1.807) is 19.4 Å². The predicted molar refractivity (Wildman–Crippen MR) is 87.2 cm³/mol. The van der Waals surface area contributed by atoms with Crippen molar-refractivity contribution in [2.24, 2.45) is 5.73 Å². The van der Waals surface area contributed by atoms with Crippen molar-refractivity contribution in [1.29, 1.82) is 0 Å². The number of aliphatic hydroxyl groups excluding tert-OH is 1. The van der Waals surface area contributed by atoms with Crippen molar-refractivity contribution in [1.82, 2.24) is 9.88 Å². The van der Waals surface area contributed by atoms with Crippen molar-refractivity contribution < 1.29 is 14.2 Å². The molecule has 1 aromatic heterocycles. The van der Waals surface area contributed by atoms with Gasteiger partial charge in [-0.1, -0.05) is 0 Å². The lowest BCUT2D eigenvalue weighted by Crippen LogP contribution is -2.49. The maximum absolute atomic E-state index is 13.8. The molecule has 3 atom stereocenters. The normalized spacial score (nSPS) is 23.8. The van der Waals surface area contributed by atoms with E-state index in [0.717, 1.165) is 16.5 Å². The number of pyridine rings is 1. The average molecular weight is 319 g/mol. The molecule has 124 valence electrons.